The molecule has 76 valence electrons. The number of fused-ring (bicyclic) bond motifs is 1. The van der Waals surface area contributed by atoms with Gasteiger partial charge in [0.1, 0.15) is 0 Å². The molecule has 1 aromatic rings. The van der Waals surface area contributed by atoms with Gasteiger partial charge in [-0.25, -0.2) is 0 Å². The highest BCUT2D eigenvalue weighted by atomic mass is 15.0. The summed E-state index contributed by atoms with van der Waals surface area (Å²) in [7, 11) is 0. The van der Waals surface area contributed by atoms with Crippen LogP contribution >= 0.6 is 0 Å². The molecule has 0 aromatic heterocycles. The number of para-hydroxylation sites is 1. The summed E-state index contributed by atoms with van der Waals surface area (Å²) in [6, 6.07) is 8.66. The van der Waals surface area contributed by atoms with Gasteiger partial charge in [0.15, 0.2) is 0 Å². The van der Waals surface area contributed by atoms with E-state index in [1.807, 2.05) is 0 Å². The van der Waals surface area contributed by atoms with Crippen LogP contribution in [0.5, 0.6) is 0 Å². The fourth-order valence-corrected chi connectivity index (χ4v) is 2.44. The van der Waals surface area contributed by atoms with Gasteiger partial charge in [-0.05, 0) is 37.8 Å². The van der Waals surface area contributed by atoms with Crippen LogP contribution in [0.4, 0.5) is 5.69 Å². The van der Waals surface area contributed by atoms with Crippen LogP contribution in [0.25, 0.3) is 0 Å². The Labute approximate surface area is 86.5 Å². The minimum absolute atomic E-state index is 0.239. The van der Waals surface area contributed by atoms with E-state index >= 15 is 0 Å². The van der Waals surface area contributed by atoms with E-state index in [0.717, 1.165) is 5.92 Å². The topological polar surface area (TPSA) is 12.0 Å². The first kappa shape index (κ1) is 9.57. The van der Waals surface area contributed by atoms with Gasteiger partial charge in [0.25, 0.3) is 0 Å². The van der Waals surface area contributed by atoms with E-state index in [4.69, 9.17) is 0 Å². The number of hydrogen-bond acceptors (Lipinski definition) is 1. The minimum atomic E-state index is 0.239. The number of nitrogens with one attached hydrogen (secondary N) is 1. The molecule has 1 unspecified atom stereocenters. The molecule has 0 saturated carbocycles. The van der Waals surface area contributed by atoms with Gasteiger partial charge in [0, 0.05) is 11.2 Å². The average Bonchev–Trinajstić information content (AvgIpc) is 2.15. The summed E-state index contributed by atoms with van der Waals surface area (Å²) in [5, 5.41) is 3.64. The number of benzene rings is 1. The third-order valence-corrected chi connectivity index (χ3v) is 3.45. The number of anilines is 1. The van der Waals surface area contributed by atoms with Crippen molar-refractivity contribution in [1.29, 1.82) is 0 Å². The van der Waals surface area contributed by atoms with Gasteiger partial charge < -0.3 is 5.32 Å². The van der Waals surface area contributed by atoms with Gasteiger partial charge in [-0.15, -0.1) is 0 Å². The Morgan fingerprint density at radius 2 is 2.07 bits per heavy atom. The van der Waals surface area contributed by atoms with Crippen LogP contribution in [0.15, 0.2) is 24.3 Å². The maximum Gasteiger partial charge on any atom is 0.0377 e. The monoisotopic (exact) mass is 189 g/mol. The summed E-state index contributed by atoms with van der Waals surface area (Å²) < 4.78 is 0. The zero-order chi connectivity index (χ0) is 10.2. The average molecular weight is 189 g/mol. The van der Waals surface area contributed by atoms with Crippen molar-refractivity contribution in [2.75, 3.05) is 5.32 Å². The highest BCUT2D eigenvalue weighted by Crippen LogP contribution is 2.35. The first-order valence-electron chi connectivity index (χ1n) is 5.49. The highest BCUT2D eigenvalue weighted by Gasteiger charge is 2.32. The lowest BCUT2D eigenvalue weighted by atomic mass is 9.77. The Morgan fingerprint density at radius 3 is 2.79 bits per heavy atom. The largest absolute Gasteiger partial charge is 0.380 e. The molecule has 0 fully saturated rings. The Hall–Kier alpha value is -0.980. The second-order valence-electron chi connectivity index (χ2n) is 4.81. The molecule has 1 atom stereocenters. The molecule has 0 bridgehead atoms. The summed E-state index contributed by atoms with van der Waals surface area (Å²) in [4.78, 5) is 0. The van der Waals surface area contributed by atoms with E-state index < -0.39 is 0 Å². The predicted molar refractivity (Wildman–Crippen MR) is 61.6 cm³/mol. The van der Waals surface area contributed by atoms with Crippen LogP contribution in [0.2, 0.25) is 0 Å². The Bertz CT molecular complexity index is 328. The maximum absolute atomic E-state index is 3.64. The number of rotatable bonds is 1. The molecule has 0 amide bonds. The van der Waals surface area contributed by atoms with Gasteiger partial charge >= 0.3 is 0 Å². The van der Waals surface area contributed by atoms with Crippen molar-refractivity contribution in [3.05, 3.63) is 29.8 Å². The van der Waals surface area contributed by atoms with Crippen molar-refractivity contribution in [2.45, 2.75) is 39.2 Å². The summed E-state index contributed by atoms with van der Waals surface area (Å²) >= 11 is 0. The van der Waals surface area contributed by atoms with E-state index in [9.17, 15) is 0 Å². The summed E-state index contributed by atoms with van der Waals surface area (Å²) in [6.07, 6.45) is 2.46. The molecule has 1 N–H and O–H groups in total. The van der Waals surface area contributed by atoms with E-state index in [2.05, 4.69) is 50.4 Å². The molecule has 1 heterocycles. The number of hydrogen-bond donors (Lipinski definition) is 1. The Morgan fingerprint density at radius 1 is 1.36 bits per heavy atom. The second-order valence-corrected chi connectivity index (χ2v) is 4.81. The van der Waals surface area contributed by atoms with E-state index in [0.29, 0.717) is 0 Å². The van der Waals surface area contributed by atoms with Crippen LogP contribution in [-0.4, -0.2) is 5.54 Å². The lowest BCUT2D eigenvalue weighted by Gasteiger charge is -2.41. The van der Waals surface area contributed by atoms with E-state index in [1.54, 1.807) is 0 Å². The molecule has 14 heavy (non-hydrogen) atoms. The van der Waals surface area contributed by atoms with Gasteiger partial charge in [0.2, 0.25) is 0 Å². The standard InChI is InChI=1S/C13H19N/c1-4-11-9-10-7-5-6-8-12(10)14-13(11,2)3/h5-8,11,14H,4,9H2,1-3H3. The van der Waals surface area contributed by atoms with Crippen LogP contribution in [0.3, 0.4) is 0 Å². The zero-order valence-electron chi connectivity index (χ0n) is 9.30. The molecule has 0 aliphatic carbocycles. The van der Waals surface area contributed by atoms with Crippen LogP contribution in [0, 0.1) is 5.92 Å². The predicted octanol–water partition coefficient (Wildman–Crippen LogP) is 3.46. The van der Waals surface area contributed by atoms with Crippen molar-refractivity contribution in [3.8, 4) is 0 Å². The maximum atomic E-state index is 3.64. The molecule has 2 rings (SSSR count). The molecule has 0 radical (unpaired) electrons. The first-order valence-corrected chi connectivity index (χ1v) is 5.49. The SMILES string of the molecule is CCC1Cc2ccccc2NC1(C)C. The lowest BCUT2D eigenvalue weighted by Crippen LogP contribution is -2.43. The summed E-state index contributed by atoms with van der Waals surface area (Å²) in [6.45, 7) is 6.89. The molecule has 1 nitrogen and oxygen atoms in total. The fraction of sp³-hybridized carbons (Fsp3) is 0.538. The molecule has 1 aliphatic heterocycles. The lowest BCUT2D eigenvalue weighted by molar-refractivity contribution is 0.324. The molecule has 0 saturated heterocycles. The van der Waals surface area contributed by atoms with Gasteiger partial charge in [-0.1, -0.05) is 31.5 Å². The van der Waals surface area contributed by atoms with Gasteiger partial charge in [-0.2, -0.15) is 0 Å². The van der Waals surface area contributed by atoms with Crippen molar-refractivity contribution in [3.63, 3.8) is 0 Å². The molecule has 1 heteroatoms. The van der Waals surface area contributed by atoms with E-state index in [1.165, 1.54) is 24.1 Å². The molecule has 1 aromatic carbocycles. The zero-order valence-corrected chi connectivity index (χ0v) is 9.30. The molecular formula is C13H19N. The first-order chi connectivity index (χ1) is 6.63. The molecule has 1 aliphatic rings. The van der Waals surface area contributed by atoms with Crippen molar-refractivity contribution in [1.82, 2.24) is 0 Å². The highest BCUT2D eigenvalue weighted by molar-refractivity contribution is 5.55. The van der Waals surface area contributed by atoms with Crippen LogP contribution in [0.1, 0.15) is 32.8 Å². The van der Waals surface area contributed by atoms with E-state index in [-0.39, 0.29) is 5.54 Å². The van der Waals surface area contributed by atoms with Crippen LogP contribution in [-0.2, 0) is 6.42 Å². The summed E-state index contributed by atoms with van der Waals surface area (Å²) in [5.41, 5.74) is 3.03. The third kappa shape index (κ3) is 1.52. The molecule has 0 spiro atoms. The van der Waals surface area contributed by atoms with Crippen molar-refractivity contribution in [2.24, 2.45) is 5.92 Å². The Balaban J connectivity index is 2.35. The fourth-order valence-electron chi connectivity index (χ4n) is 2.44. The quantitative estimate of drug-likeness (QED) is 0.713. The van der Waals surface area contributed by atoms with Gasteiger partial charge in [-0.3, -0.25) is 0 Å². The smallest absolute Gasteiger partial charge is 0.0377 e. The third-order valence-electron chi connectivity index (χ3n) is 3.45. The minimum Gasteiger partial charge on any atom is -0.380 e. The second kappa shape index (κ2) is 3.30. The van der Waals surface area contributed by atoms with Crippen molar-refractivity contribution < 1.29 is 0 Å². The van der Waals surface area contributed by atoms with Gasteiger partial charge in [0.05, 0.1) is 0 Å². The normalized spacial score (nSPS) is 23.8. The Kier molecular flexibility index (Phi) is 2.26. The van der Waals surface area contributed by atoms with Crippen LogP contribution < -0.4 is 5.32 Å². The molecular weight excluding hydrogens is 170 g/mol. The van der Waals surface area contributed by atoms with Crippen molar-refractivity contribution >= 4 is 5.69 Å². The summed E-state index contributed by atoms with van der Waals surface area (Å²) in [5.74, 6) is 0.748.